The summed E-state index contributed by atoms with van der Waals surface area (Å²) in [5, 5.41) is 0. The van der Waals surface area contributed by atoms with Crippen molar-refractivity contribution in [3.05, 3.63) is 47.4 Å². The van der Waals surface area contributed by atoms with Crippen LogP contribution < -0.4 is 10.5 Å². The van der Waals surface area contributed by atoms with E-state index < -0.39 is 0 Å². The first-order chi connectivity index (χ1) is 9.90. The quantitative estimate of drug-likeness (QED) is 0.911. The summed E-state index contributed by atoms with van der Waals surface area (Å²) >= 11 is 0. The van der Waals surface area contributed by atoms with Crippen molar-refractivity contribution in [1.29, 1.82) is 0 Å². The lowest BCUT2D eigenvalue weighted by Gasteiger charge is -2.23. The number of anilines is 1. The molecule has 0 saturated heterocycles. The van der Waals surface area contributed by atoms with Gasteiger partial charge in [-0.25, -0.2) is 9.97 Å². The molecule has 1 aromatic carbocycles. The number of rotatable bonds is 5. The fourth-order valence-corrected chi connectivity index (χ4v) is 2.08. The van der Waals surface area contributed by atoms with Crippen molar-refractivity contribution in [2.45, 2.75) is 46.1 Å². The van der Waals surface area contributed by atoms with Crippen molar-refractivity contribution < 1.29 is 4.74 Å². The van der Waals surface area contributed by atoms with Gasteiger partial charge in [-0.05, 0) is 36.5 Å². The molecule has 112 valence electrons. The molecule has 4 heteroatoms. The molecule has 0 atom stereocenters. The van der Waals surface area contributed by atoms with Crippen LogP contribution in [0.2, 0.25) is 0 Å². The topological polar surface area (TPSA) is 61.0 Å². The number of hydrogen-bond acceptors (Lipinski definition) is 4. The normalized spacial score (nSPS) is 11.4. The number of ether oxygens (including phenoxy) is 1. The van der Waals surface area contributed by atoms with E-state index in [0.29, 0.717) is 18.2 Å². The molecule has 1 heterocycles. The number of hydrogen-bond donors (Lipinski definition) is 1. The summed E-state index contributed by atoms with van der Waals surface area (Å²) in [7, 11) is 0. The Hall–Kier alpha value is -2.10. The minimum Gasteiger partial charge on any atom is -0.486 e. The van der Waals surface area contributed by atoms with Gasteiger partial charge in [-0.3, -0.25) is 0 Å². The standard InChI is InChI=1S/C17H23N3O/c1-5-17(3,4)13-6-8-14(9-7-13)21-11-16-19-12(2)10-15(18)20-16/h6-10H,5,11H2,1-4H3,(H2,18,19,20). The summed E-state index contributed by atoms with van der Waals surface area (Å²) in [6, 6.07) is 9.96. The zero-order chi connectivity index (χ0) is 15.5. The van der Waals surface area contributed by atoms with Crippen LogP contribution in [-0.2, 0) is 12.0 Å². The Kier molecular flexibility index (Phi) is 4.46. The number of benzene rings is 1. The minimum atomic E-state index is 0.187. The third-order valence-electron chi connectivity index (χ3n) is 3.81. The average molecular weight is 285 g/mol. The predicted octanol–water partition coefficient (Wildman–Crippen LogP) is 3.63. The summed E-state index contributed by atoms with van der Waals surface area (Å²) in [5.74, 6) is 1.89. The lowest BCUT2D eigenvalue weighted by molar-refractivity contribution is 0.295. The zero-order valence-corrected chi connectivity index (χ0v) is 13.2. The van der Waals surface area contributed by atoms with E-state index in [1.165, 1.54) is 5.56 Å². The first kappa shape index (κ1) is 15.3. The number of nitrogens with zero attached hydrogens (tertiary/aromatic N) is 2. The van der Waals surface area contributed by atoms with Crippen molar-refractivity contribution >= 4 is 5.82 Å². The van der Waals surface area contributed by atoms with E-state index in [1.54, 1.807) is 6.07 Å². The lowest BCUT2D eigenvalue weighted by Crippen LogP contribution is -2.15. The van der Waals surface area contributed by atoms with Crippen LogP contribution in [0.1, 0.15) is 44.3 Å². The molecule has 0 fully saturated rings. The summed E-state index contributed by atoms with van der Waals surface area (Å²) in [4.78, 5) is 8.46. The van der Waals surface area contributed by atoms with E-state index in [4.69, 9.17) is 10.5 Å². The minimum absolute atomic E-state index is 0.187. The van der Waals surface area contributed by atoms with Crippen LogP contribution in [0.4, 0.5) is 5.82 Å². The maximum Gasteiger partial charge on any atom is 0.168 e. The zero-order valence-electron chi connectivity index (χ0n) is 13.2. The smallest absolute Gasteiger partial charge is 0.168 e. The number of nitrogen functional groups attached to an aromatic ring is 1. The molecule has 2 N–H and O–H groups in total. The van der Waals surface area contributed by atoms with Crippen LogP contribution in [0.25, 0.3) is 0 Å². The summed E-state index contributed by atoms with van der Waals surface area (Å²) < 4.78 is 5.72. The Morgan fingerprint density at radius 3 is 2.38 bits per heavy atom. The molecule has 1 aromatic heterocycles. The van der Waals surface area contributed by atoms with E-state index in [1.807, 2.05) is 19.1 Å². The van der Waals surface area contributed by atoms with E-state index in [9.17, 15) is 0 Å². The van der Waals surface area contributed by atoms with E-state index in [-0.39, 0.29) is 5.41 Å². The van der Waals surface area contributed by atoms with Crippen LogP contribution in [0.3, 0.4) is 0 Å². The highest BCUT2D eigenvalue weighted by molar-refractivity contribution is 5.32. The molecule has 0 spiro atoms. The molecule has 0 aliphatic carbocycles. The maximum absolute atomic E-state index is 5.72. The first-order valence-corrected chi connectivity index (χ1v) is 7.24. The molecule has 2 aromatic rings. The van der Waals surface area contributed by atoms with Gasteiger partial charge in [-0.2, -0.15) is 0 Å². The molecule has 2 rings (SSSR count). The van der Waals surface area contributed by atoms with Crippen molar-refractivity contribution in [1.82, 2.24) is 9.97 Å². The Morgan fingerprint density at radius 2 is 1.81 bits per heavy atom. The van der Waals surface area contributed by atoms with Crippen molar-refractivity contribution in [3.63, 3.8) is 0 Å². The van der Waals surface area contributed by atoms with Gasteiger partial charge in [0.1, 0.15) is 18.2 Å². The third-order valence-corrected chi connectivity index (χ3v) is 3.81. The number of nitrogens with two attached hydrogens (primary N) is 1. The molecule has 0 bridgehead atoms. The second-order valence-corrected chi connectivity index (χ2v) is 5.90. The largest absolute Gasteiger partial charge is 0.486 e. The summed E-state index contributed by atoms with van der Waals surface area (Å²) in [5.41, 5.74) is 8.05. The van der Waals surface area contributed by atoms with Gasteiger partial charge in [-0.1, -0.05) is 32.9 Å². The highest BCUT2D eigenvalue weighted by Crippen LogP contribution is 2.28. The molecule has 0 aliphatic rings. The number of aromatic nitrogens is 2. The predicted molar refractivity (Wildman–Crippen MR) is 85.3 cm³/mol. The highest BCUT2D eigenvalue weighted by atomic mass is 16.5. The lowest BCUT2D eigenvalue weighted by atomic mass is 9.82. The SMILES string of the molecule is CCC(C)(C)c1ccc(OCc2nc(C)cc(N)n2)cc1. The fraction of sp³-hybridized carbons (Fsp3) is 0.412. The first-order valence-electron chi connectivity index (χ1n) is 7.24. The van der Waals surface area contributed by atoms with Crippen molar-refractivity contribution in [3.8, 4) is 5.75 Å². The summed E-state index contributed by atoms with van der Waals surface area (Å²) in [6.45, 7) is 8.90. The monoisotopic (exact) mass is 285 g/mol. The van der Waals surface area contributed by atoms with Crippen LogP contribution >= 0.6 is 0 Å². The van der Waals surface area contributed by atoms with E-state index >= 15 is 0 Å². The van der Waals surface area contributed by atoms with Gasteiger partial charge >= 0.3 is 0 Å². The molecule has 0 radical (unpaired) electrons. The van der Waals surface area contributed by atoms with E-state index in [0.717, 1.165) is 17.9 Å². The molecule has 0 amide bonds. The summed E-state index contributed by atoms with van der Waals surface area (Å²) in [6.07, 6.45) is 1.10. The molecular formula is C17H23N3O. The van der Waals surface area contributed by atoms with Gasteiger partial charge in [0.25, 0.3) is 0 Å². The van der Waals surface area contributed by atoms with Crippen molar-refractivity contribution in [2.75, 3.05) is 5.73 Å². The fourth-order valence-electron chi connectivity index (χ4n) is 2.08. The van der Waals surface area contributed by atoms with Crippen LogP contribution in [0.15, 0.2) is 30.3 Å². The van der Waals surface area contributed by atoms with Gasteiger partial charge < -0.3 is 10.5 Å². The average Bonchev–Trinajstić information content (AvgIpc) is 2.44. The Bertz CT molecular complexity index is 586. The van der Waals surface area contributed by atoms with Gasteiger partial charge in [0.15, 0.2) is 5.82 Å². The molecular weight excluding hydrogens is 262 g/mol. The van der Waals surface area contributed by atoms with Gasteiger partial charge in [0.05, 0.1) is 0 Å². The molecule has 0 aliphatic heterocycles. The molecule has 4 nitrogen and oxygen atoms in total. The second kappa shape index (κ2) is 6.12. The van der Waals surface area contributed by atoms with Crippen LogP contribution in [-0.4, -0.2) is 9.97 Å². The Labute approximate surface area is 126 Å². The highest BCUT2D eigenvalue weighted by Gasteiger charge is 2.17. The van der Waals surface area contributed by atoms with Gasteiger partial charge in [0, 0.05) is 11.8 Å². The van der Waals surface area contributed by atoms with Crippen LogP contribution in [0, 0.1) is 6.92 Å². The van der Waals surface area contributed by atoms with Gasteiger partial charge in [-0.15, -0.1) is 0 Å². The second-order valence-electron chi connectivity index (χ2n) is 5.90. The Morgan fingerprint density at radius 1 is 1.14 bits per heavy atom. The van der Waals surface area contributed by atoms with Gasteiger partial charge in [0.2, 0.25) is 0 Å². The van der Waals surface area contributed by atoms with E-state index in [2.05, 4.69) is 42.9 Å². The number of aryl methyl sites for hydroxylation is 1. The molecule has 21 heavy (non-hydrogen) atoms. The van der Waals surface area contributed by atoms with Crippen LogP contribution in [0.5, 0.6) is 5.75 Å². The molecule has 0 unspecified atom stereocenters. The van der Waals surface area contributed by atoms with Crippen molar-refractivity contribution in [2.24, 2.45) is 0 Å². The third kappa shape index (κ3) is 3.94. The molecule has 0 saturated carbocycles. The maximum atomic E-state index is 5.72. The Balaban J connectivity index is 2.04.